The van der Waals surface area contributed by atoms with Crippen LogP contribution in [0.3, 0.4) is 0 Å². The average Bonchev–Trinajstić information content (AvgIpc) is 2.72. The van der Waals surface area contributed by atoms with E-state index in [2.05, 4.69) is 16.0 Å². The predicted molar refractivity (Wildman–Crippen MR) is 117 cm³/mol. The van der Waals surface area contributed by atoms with Gasteiger partial charge in [-0.3, -0.25) is 14.4 Å². The third-order valence-corrected chi connectivity index (χ3v) is 5.25. The number of carboxylic acid groups (broad SMARTS) is 1. The number of rotatable bonds is 15. The van der Waals surface area contributed by atoms with Gasteiger partial charge in [0.2, 0.25) is 17.7 Å². The monoisotopic (exact) mass is 461 g/mol. The Bertz CT molecular complexity index is 629. The number of unbranched alkanes of at least 4 members (excludes halogenated alkanes) is 1. The zero-order valence-electron chi connectivity index (χ0n) is 19.2. The summed E-state index contributed by atoms with van der Waals surface area (Å²) in [5.41, 5.74) is 11.2. The van der Waals surface area contributed by atoms with E-state index in [-0.39, 0.29) is 12.3 Å². The maximum absolute atomic E-state index is 12.7. The molecule has 0 aliphatic heterocycles. The maximum atomic E-state index is 12.7. The summed E-state index contributed by atoms with van der Waals surface area (Å²) >= 11 is 0. The number of aliphatic carboxylic acids is 1. The van der Waals surface area contributed by atoms with Gasteiger partial charge in [0.1, 0.15) is 18.1 Å². The minimum Gasteiger partial charge on any atom is -0.480 e. The average molecular weight is 462 g/mol. The highest BCUT2D eigenvalue weighted by Gasteiger charge is 2.34. The van der Waals surface area contributed by atoms with Gasteiger partial charge in [0.05, 0.1) is 18.2 Å². The van der Waals surface area contributed by atoms with Crippen molar-refractivity contribution < 1.29 is 34.5 Å². The molecule has 0 radical (unpaired) electrons. The van der Waals surface area contributed by atoms with Gasteiger partial charge in [-0.1, -0.05) is 20.3 Å². The van der Waals surface area contributed by atoms with Crippen molar-refractivity contribution in [2.24, 2.45) is 17.4 Å². The number of aliphatic hydroxyl groups is 2. The zero-order valence-corrected chi connectivity index (χ0v) is 19.2. The van der Waals surface area contributed by atoms with Gasteiger partial charge in [0, 0.05) is 0 Å². The lowest BCUT2D eigenvalue weighted by Gasteiger charge is -2.28. The van der Waals surface area contributed by atoms with Crippen molar-refractivity contribution in [3.05, 3.63) is 0 Å². The molecule has 10 N–H and O–H groups in total. The third kappa shape index (κ3) is 9.90. The highest BCUT2D eigenvalue weighted by molar-refractivity contribution is 5.94. The van der Waals surface area contributed by atoms with Gasteiger partial charge in [-0.15, -0.1) is 0 Å². The largest absolute Gasteiger partial charge is 0.480 e. The lowest BCUT2D eigenvalue weighted by Crippen LogP contribution is -2.62. The summed E-state index contributed by atoms with van der Waals surface area (Å²) in [6.45, 7) is 6.50. The van der Waals surface area contributed by atoms with Gasteiger partial charge in [0.15, 0.2) is 0 Å². The number of amides is 3. The Morgan fingerprint density at radius 3 is 1.72 bits per heavy atom. The van der Waals surface area contributed by atoms with Crippen LogP contribution in [0.5, 0.6) is 0 Å². The molecular formula is C20H39N5O7. The second kappa shape index (κ2) is 14.7. The van der Waals surface area contributed by atoms with Crippen LogP contribution in [0, 0.1) is 5.92 Å². The highest BCUT2D eigenvalue weighted by atomic mass is 16.4. The normalized spacial score (nSPS) is 17.8. The fourth-order valence-electron chi connectivity index (χ4n) is 2.83. The third-order valence-electron chi connectivity index (χ3n) is 5.25. The Morgan fingerprint density at radius 1 is 0.844 bits per heavy atom. The van der Waals surface area contributed by atoms with Crippen LogP contribution in [0.4, 0.5) is 0 Å². The van der Waals surface area contributed by atoms with E-state index in [0.29, 0.717) is 25.8 Å². The number of carbonyl (C=O) groups is 4. The molecule has 0 aliphatic rings. The van der Waals surface area contributed by atoms with Gasteiger partial charge in [-0.2, -0.15) is 0 Å². The van der Waals surface area contributed by atoms with Crippen molar-refractivity contribution in [2.45, 2.75) is 89.8 Å². The molecule has 0 aromatic rings. The van der Waals surface area contributed by atoms with Gasteiger partial charge in [-0.05, 0) is 45.6 Å². The van der Waals surface area contributed by atoms with Crippen LogP contribution in [0.25, 0.3) is 0 Å². The lowest BCUT2D eigenvalue weighted by molar-refractivity contribution is -0.143. The summed E-state index contributed by atoms with van der Waals surface area (Å²) in [7, 11) is 0. The summed E-state index contributed by atoms with van der Waals surface area (Å²) in [5, 5.41) is 36.2. The lowest BCUT2D eigenvalue weighted by atomic mass is 9.98. The van der Waals surface area contributed by atoms with Crippen LogP contribution < -0.4 is 27.4 Å². The Morgan fingerprint density at radius 2 is 1.31 bits per heavy atom. The van der Waals surface area contributed by atoms with Crippen LogP contribution in [0.15, 0.2) is 0 Å². The summed E-state index contributed by atoms with van der Waals surface area (Å²) in [6, 6.07) is -5.09. The fraction of sp³-hybridized carbons (Fsp3) is 0.800. The smallest absolute Gasteiger partial charge is 0.326 e. The first-order chi connectivity index (χ1) is 14.9. The van der Waals surface area contributed by atoms with Crippen LogP contribution >= 0.6 is 0 Å². The highest BCUT2D eigenvalue weighted by Crippen LogP contribution is 2.07. The Balaban J connectivity index is 5.32. The van der Waals surface area contributed by atoms with Crippen molar-refractivity contribution in [1.29, 1.82) is 0 Å². The Kier molecular flexibility index (Phi) is 13.7. The summed E-state index contributed by atoms with van der Waals surface area (Å²) in [5.74, 6) is -3.93. The first-order valence-electron chi connectivity index (χ1n) is 10.8. The van der Waals surface area contributed by atoms with Crippen molar-refractivity contribution in [3.63, 3.8) is 0 Å². The number of nitrogens with two attached hydrogens (primary N) is 2. The molecule has 12 heteroatoms. The summed E-state index contributed by atoms with van der Waals surface area (Å²) < 4.78 is 0. The number of carbonyl (C=O) groups excluding carboxylic acids is 3. The second-order valence-electron chi connectivity index (χ2n) is 8.05. The first kappa shape index (κ1) is 29.7. The molecule has 12 nitrogen and oxygen atoms in total. The Hall–Kier alpha value is -2.28. The number of aliphatic hydroxyl groups excluding tert-OH is 2. The molecule has 3 amide bonds. The summed E-state index contributed by atoms with van der Waals surface area (Å²) in [6.07, 6.45) is -0.926. The van der Waals surface area contributed by atoms with Crippen LogP contribution in [0.2, 0.25) is 0 Å². The van der Waals surface area contributed by atoms with Crippen molar-refractivity contribution >= 4 is 23.7 Å². The number of hydrogen-bond acceptors (Lipinski definition) is 8. The van der Waals surface area contributed by atoms with Gasteiger partial charge < -0.3 is 42.7 Å². The number of nitrogens with one attached hydrogen (secondary N) is 3. The van der Waals surface area contributed by atoms with Gasteiger partial charge >= 0.3 is 5.97 Å². The van der Waals surface area contributed by atoms with Crippen LogP contribution in [0.1, 0.15) is 53.4 Å². The van der Waals surface area contributed by atoms with E-state index < -0.39 is 60.1 Å². The number of hydrogen-bond donors (Lipinski definition) is 8. The van der Waals surface area contributed by atoms with E-state index in [4.69, 9.17) is 11.5 Å². The molecule has 0 saturated heterocycles. The minimum absolute atomic E-state index is 0.124. The molecule has 186 valence electrons. The molecular weight excluding hydrogens is 422 g/mol. The van der Waals surface area contributed by atoms with E-state index in [1.165, 1.54) is 13.8 Å². The first-order valence-corrected chi connectivity index (χ1v) is 10.8. The zero-order chi connectivity index (χ0) is 25.0. The van der Waals surface area contributed by atoms with Crippen molar-refractivity contribution in [2.75, 3.05) is 6.54 Å². The topological polar surface area (TPSA) is 217 Å². The van der Waals surface area contributed by atoms with E-state index >= 15 is 0 Å². The SMILES string of the molecule is CCC(C)C(N)C(=O)NC(C(=O)NC(C(=O)NC(CCCCN)C(=O)O)C(C)O)C(C)O. The van der Waals surface area contributed by atoms with E-state index in [1.807, 2.05) is 6.92 Å². The van der Waals surface area contributed by atoms with Crippen molar-refractivity contribution in [1.82, 2.24) is 16.0 Å². The van der Waals surface area contributed by atoms with E-state index in [0.717, 1.165) is 0 Å². The molecule has 0 aromatic carbocycles. The second-order valence-corrected chi connectivity index (χ2v) is 8.05. The fourth-order valence-corrected chi connectivity index (χ4v) is 2.83. The molecule has 0 saturated carbocycles. The predicted octanol–water partition coefficient (Wildman–Crippen LogP) is -2.21. The molecule has 0 heterocycles. The molecule has 0 fully saturated rings. The van der Waals surface area contributed by atoms with Crippen molar-refractivity contribution in [3.8, 4) is 0 Å². The minimum atomic E-state index is -1.51. The standard InChI is InChI=1S/C20H39N5O7/c1-5-10(2)14(22)17(28)24-16(12(4)27)19(30)25-15(11(3)26)18(29)23-13(20(31)32)8-6-7-9-21/h10-16,26-27H,5-9,21-22H2,1-4H3,(H,23,29)(H,24,28)(H,25,30)(H,31,32). The molecule has 0 aromatic heterocycles. The molecule has 32 heavy (non-hydrogen) atoms. The molecule has 7 atom stereocenters. The summed E-state index contributed by atoms with van der Waals surface area (Å²) in [4.78, 5) is 49.0. The molecule has 0 rings (SSSR count). The van der Waals surface area contributed by atoms with Gasteiger partial charge in [0.25, 0.3) is 0 Å². The van der Waals surface area contributed by atoms with Crippen LogP contribution in [-0.2, 0) is 19.2 Å². The molecule has 7 unspecified atom stereocenters. The molecule has 0 bridgehead atoms. The molecule has 0 spiro atoms. The quantitative estimate of drug-likeness (QED) is 0.124. The van der Waals surface area contributed by atoms with E-state index in [9.17, 15) is 34.5 Å². The maximum Gasteiger partial charge on any atom is 0.326 e. The molecule has 0 aliphatic carbocycles. The van der Waals surface area contributed by atoms with E-state index in [1.54, 1.807) is 6.92 Å². The Labute approximate surface area is 188 Å². The van der Waals surface area contributed by atoms with Crippen LogP contribution in [-0.4, -0.2) is 81.9 Å². The number of carboxylic acids is 1. The van der Waals surface area contributed by atoms with Gasteiger partial charge in [-0.25, -0.2) is 4.79 Å².